The molecule has 132 valence electrons. The van der Waals surface area contributed by atoms with Gasteiger partial charge in [-0.25, -0.2) is 0 Å². The molecule has 1 amide bonds. The average Bonchev–Trinajstić information content (AvgIpc) is 3.00. The summed E-state index contributed by atoms with van der Waals surface area (Å²) < 4.78 is 0. The monoisotopic (exact) mass is 355 g/mol. The Hall–Kier alpha value is -3.66. The van der Waals surface area contributed by atoms with E-state index in [0.717, 1.165) is 5.56 Å². The van der Waals surface area contributed by atoms with E-state index < -0.39 is 17.7 Å². The van der Waals surface area contributed by atoms with Crippen molar-refractivity contribution in [3.05, 3.63) is 108 Å². The zero-order valence-corrected chi connectivity index (χ0v) is 14.4. The minimum atomic E-state index is -0.686. The molecule has 27 heavy (non-hydrogen) atoms. The SMILES string of the molecule is O=C1C(=O)N(c2ccccc2)C(c2ccccc2)/C1=C(\O)c1ccccc1. The second kappa shape index (κ2) is 6.92. The minimum absolute atomic E-state index is 0.0984. The molecule has 1 aliphatic rings. The van der Waals surface area contributed by atoms with E-state index in [9.17, 15) is 14.7 Å². The highest BCUT2D eigenvalue weighted by Crippen LogP contribution is 2.41. The summed E-state index contributed by atoms with van der Waals surface area (Å²) in [4.78, 5) is 27.2. The second-order valence-corrected chi connectivity index (χ2v) is 6.28. The fraction of sp³-hybridized carbons (Fsp3) is 0.0435. The Kier molecular flexibility index (Phi) is 4.30. The van der Waals surface area contributed by atoms with E-state index in [0.29, 0.717) is 11.3 Å². The average molecular weight is 355 g/mol. The van der Waals surface area contributed by atoms with E-state index >= 15 is 0 Å². The Balaban J connectivity index is 1.95. The van der Waals surface area contributed by atoms with Crippen LogP contribution in [0.2, 0.25) is 0 Å². The molecule has 1 N–H and O–H groups in total. The molecule has 4 rings (SSSR count). The van der Waals surface area contributed by atoms with Crippen molar-refractivity contribution >= 4 is 23.1 Å². The van der Waals surface area contributed by atoms with Gasteiger partial charge in [-0.3, -0.25) is 14.5 Å². The second-order valence-electron chi connectivity index (χ2n) is 6.28. The van der Waals surface area contributed by atoms with Crippen LogP contribution in [0.4, 0.5) is 5.69 Å². The Morgan fingerprint density at radius 1 is 0.741 bits per heavy atom. The normalized spacial score (nSPS) is 18.7. The predicted molar refractivity (Wildman–Crippen MR) is 104 cm³/mol. The van der Waals surface area contributed by atoms with Gasteiger partial charge in [-0.15, -0.1) is 0 Å². The molecule has 0 saturated carbocycles. The maximum Gasteiger partial charge on any atom is 0.300 e. The highest BCUT2D eigenvalue weighted by atomic mass is 16.3. The molecule has 1 saturated heterocycles. The van der Waals surface area contributed by atoms with E-state index in [-0.39, 0.29) is 11.3 Å². The standard InChI is InChI=1S/C23H17NO3/c25-21(17-12-6-2-7-13-17)19-20(16-10-4-1-5-11-16)24(23(27)22(19)26)18-14-8-3-9-15-18/h1-15,20,25H/b21-19+. The molecule has 4 nitrogen and oxygen atoms in total. The van der Waals surface area contributed by atoms with E-state index in [2.05, 4.69) is 0 Å². The Bertz CT molecular complexity index is 1010. The lowest BCUT2D eigenvalue weighted by Crippen LogP contribution is -2.29. The van der Waals surface area contributed by atoms with Crippen molar-refractivity contribution in [2.24, 2.45) is 0 Å². The molecule has 1 aliphatic heterocycles. The first-order chi connectivity index (χ1) is 13.2. The van der Waals surface area contributed by atoms with Crippen LogP contribution < -0.4 is 4.90 Å². The third-order valence-electron chi connectivity index (χ3n) is 4.64. The molecule has 1 unspecified atom stereocenters. The summed E-state index contributed by atoms with van der Waals surface area (Å²) in [5, 5.41) is 10.9. The van der Waals surface area contributed by atoms with Gasteiger partial charge in [0, 0.05) is 11.3 Å². The number of amides is 1. The molecule has 0 aromatic heterocycles. The highest BCUT2D eigenvalue weighted by molar-refractivity contribution is 6.51. The quantitative estimate of drug-likeness (QED) is 0.433. The van der Waals surface area contributed by atoms with Crippen molar-refractivity contribution < 1.29 is 14.7 Å². The molecule has 3 aromatic carbocycles. The van der Waals surface area contributed by atoms with Gasteiger partial charge in [-0.1, -0.05) is 78.9 Å². The predicted octanol–water partition coefficient (Wildman–Crippen LogP) is 4.31. The maximum atomic E-state index is 12.9. The molecule has 4 heteroatoms. The molecule has 0 bridgehead atoms. The molecule has 1 heterocycles. The van der Waals surface area contributed by atoms with E-state index in [1.165, 1.54) is 4.90 Å². The fourth-order valence-corrected chi connectivity index (χ4v) is 3.39. The molecular formula is C23H17NO3. The Morgan fingerprint density at radius 3 is 1.85 bits per heavy atom. The lowest BCUT2D eigenvalue weighted by molar-refractivity contribution is -0.132. The molecule has 0 spiro atoms. The van der Waals surface area contributed by atoms with Crippen LogP contribution in [-0.4, -0.2) is 16.8 Å². The third-order valence-corrected chi connectivity index (χ3v) is 4.64. The van der Waals surface area contributed by atoms with Crippen LogP contribution in [0.3, 0.4) is 0 Å². The van der Waals surface area contributed by atoms with Crippen molar-refractivity contribution in [2.45, 2.75) is 6.04 Å². The number of carbonyl (C=O) groups excluding carboxylic acids is 2. The summed E-state index contributed by atoms with van der Waals surface area (Å²) in [7, 11) is 0. The molecular weight excluding hydrogens is 338 g/mol. The first kappa shape index (κ1) is 16.8. The van der Waals surface area contributed by atoms with Gasteiger partial charge < -0.3 is 5.11 Å². The number of para-hydroxylation sites is 1. The molecule has 0 radical (unpaired) electrons. The van der Waals surface area contributed by atoms with Gasteiger partial charge in [0.05, 0.1) is 11.6 Å². The van der Waals surface area contributed by atoms with Gasteiger partial charge in [0.15, 0.2) is 0 Å². The summed E-state index contributed by atoms with van der Waals surface area (Å²) in [6, 6.07) is 26.4. The van der Waals surface area contributed by atoms with Crippen LogP contribution in [0.15, 0.2) is 96.6 Å². The fourth-order valence-electron chi connectivity index (χ4n) is 3.39. The lowest BCUT2D eigenvalue weighted by atomic mass is 9.95. The van der Waals surface area contributed by atoms with Crippen LogP contribution >= 0.6 is 0 Å². The number of aliphatic hydroxyl groups excluding tert-OH is 1. The highest BCUT2D eigenvalue weighted by Gasteiger charge is 2.46. The number of carbonyl (C=O) groups is 2. The first-order valence-corrected chi connectivity index (χ1v) is 8.65. The van der Waals surface area contributed by atoms with Crippen LogP contribution in [0.5, 0.6) is 0 Å². The maximum absolute atomic E-state index is 12.9. The van der Waals surface area contributed by atoms with Crippen LogP contribution in [0, 0.1) is 0 Å². The van der Waals surface area contributed by atoms with Gasteiger partial charge in [0.2, 0.25) is 0 Å². The summed E-state index contributed by atoms with van der Waals surface area (Å²) in [5.41, 5.74) is 1.98. The van der Waals surface area contributed by atoms with Crippen LogP contribution in [0.1, 0.15) is 17.2 Å². The minimum Gasteiger partial charge on any atom is -0.507 e. The summed E-state index contributed by atoms with van der Waals surface area (Å²) in [5.74, 6) is -1.50. The van der Waals surface area contributed by atoms with Crippen molar-refractivity contribution in [3.63, 3.8) is 0 Å². The summed E-state index contributed by atoms with van der Waals surface area (Å²) in [6.07, 6.45) is 0. The number of hydrogen-bond donors (Lipinski definition) is 1. The molecule has 1 atom stereocenters. The van der Waals surface area contributed by atoms with Crippen LogP contribution in [0.25, 0.3) is 5.76 Å². The van der Waals surface area contributed by atoms with Gasteiger partial charge in [-0.05, 0) is 17.7 Å². The number of nitrogens with zero attached hydrogens (tertiary/aromatic N) is 1. The molecule has 3 aromatic rings. The number of ketones is 1. The van der Waals surface area contributed by atoms with Gasteiger partial charge >= 0.3 is 0 Å². The van der Waals surface area contributed by atoms with Crippen molar-refractivity contribution in [3.8, 4) is 0 Å². The Labute approximate surface area is 157 Å². The van der Waals surface area contributed by atoms with Crippen molar-refractivity contribution in [2.75, 3.05) is 4.90 Å². The Morgan fingerprint density at radius 2 is 1.26 bits per heavy atom. The first-order valence-electron chi connectivity index (χ1n) is 8.65. The zero-order valence-electron chi connectivity index (χ0n) is 14.4. The lowest BCUT2D eigenvalue weighted by Gasteiger charge is -2.25. The van der Waals surface area contributed by atoms with Gasteiger partial charge in [-0.2, -0.15) is 0 Å². The van der Waals surface area contributed by atoms with E-state index in [1.807, 2.05) is 54.6 Å². The topological polar surface area (TPSA) is 57.6 Å². The van der Waals surface area contributed by atoms with E-state index in [1.54, 1.807) is 36.4 Å². The number of rotatable bonds is 3. The molecule has 1 fully saturated rings. The summed E-state index contributed by atoms with van der Waals surface area (Å²) in [6.45, 7) is 0. The number of hydrogen-bond acceptors (Lipinski definition) is 3. The van der Waals surface area contributed by atoms with E-state index in [4.69, 9.17) is 0 Å². The zero-order chi connectivity index (χ0) is 18.8. The molecule has 0 aliphatic carbocycles. The van der Waals surface area contributed by atoms with Crippen LogP contribution in [-0.2, 0) is 9.59 Å². The smallest absolute Gasteiger partial charge is 0.300 e. The number of aliphatic hydroxyl groups is 1. The van der Waals surface area contributed by atoms with Gasteiger partial charge in [0.1, 0.15) is 5.76 Å². The van der Waals surface area contributed by atoms with Crippen molar-refractivity contribution in [1.82, 2.24) is 0 Å². The van der Waals surface area contributed by atoms with Crippen molar-refractivity contribution in [1.29, 1.82) is 0 Å². The third kappa shape index (κ3) is 2.91. The van der Waals surface area contributed by atoms with Gasteiger partial charge in [0.25, 0.3) is 11.7 Å². The number of Topliss-reactive ketones (excluding diaryl/α,β-unsaturated/α-hetero) is 1. The number of anilines is 1. The summed E-state index contributed by atoms with van der Waals surface area (Å²) >= 11 is 0. The largest absolute Gasteiger partial charge is 0.507 e. The number of benzene rings is 3.